The van der Waals surface area contributed by atoms with Crippen LogP contribution in [-0.2, 0) is 6.42 Å². The zero-order valence-corrected chi connectivity index (χ0v) is 15.0. The normalized spacial score (nSPS) is 12.6. The molecule has 1 nitrogen and oxygen atoms in total. The molecule has 0 bridgehead atoms. The number of unbranched alkanes of at least 4 members (excludes halogenated alkanes) is 4. The van der Waals surface area contributed by atoms with Crippen molar-refractivity contribution in [3.8, 4) is 0 Å². The molecule has 0 amide bonds. The van der Waals surface area contributed by atoms with E-state index in [0.717, 1.165) is 24.9 Å². The summed E-state index contributed by atoms with van der Waals surface area (Å²) in [6.07, 6.45) is 9.73. The Hall–Kier alpha value is -0.410. The largest absolute Gasteiger partial charge is 0.314 e. The van der Waals surface area contributed by atoms with Crippen LogP contribution in [-0.4, -0.2) is 12.6 Å². The van der Waals surface area contributed by atoms with E-state index < -0.39 is 0 Å². The molecule has 1 aromatic rings. The van der Waals surface area contributed by atoms with E-state index in [1.807, 2.05) is 6.07 Å². The van der Waals surface area contributed by atoms with Gasteiger partial charge in [-0.15, -0.1) is 0 Å². The van der Waals surface area contributed by atoms with Gasteiger partial charge in [-0.3, -0.25) is 0 Å². The molecule has 1 atom stereocenters. The van der Waals surface area contributed by atoms with E-state index in [2.05, 4.69) is 35.1 Å². The van der Waals surface area contributed by atoms with Gasteiger partial charge in [0.25, 0.3) is 0 Å². The predicted molar refractivity (Wildman–Crippen MR) is 93.3 cm³/mol. The van der Waals surface area contributed by atoms with Crippen LogP contribution in [0.5, 0.6) is 0 Å². The van der Waals surface area contributed by atoms with E-state index in [1.165, 1.54) is 44.6 Å². The molecule has 0 aromatic heterocycles. The van der Waals surface area contributed by atoms with Crippen LogP contribution in [0.1, 0.15) is 64.4 Å². The smallest absolute Gasteiger partial charge is 0.137 e. The van der Waals surface area contributed by atoms with Crippen LogP contribution in [0.2, 0.25) is 0 Å². The van der Waals surface area contributed by atoms with E-state index in [-0.39, 0.29) is 5.82 Å². The van der Waals surface area contributed by atoms with Crippen LogP contribution in [0, 0.1) is 5.82 Å². The highest BCUT2D eigenvalue weighted by Gasteiger charge is 2.12. The van der Waals surface area contributed by atoms with Crippen LogP contribution in [0.4, 0.5) is 4.39 Å². The second kappa shape index (κ2) is 11.2. The van der Waals surface area contributed by atoms with Crippen LogP contribution in [0.25, 0.3) is 0 Å². The molecule has 1 rings (SSSR count). The van der Waals surface area contributed by atoms with Gasteiger partial charge in [0.1, 0.15) is 5.82 Å². The lowest BCUT2D eigenvalue weighted by atomic mass is 9.99. The summed E-state index contributed by atoms with van der Waals surface area (Å²) in [7, 11) is 0. The Balaban J connectivity index is 2.50. The second-order valence-corrected chi connectivity index (χ2v) is 6.56. The number of benzene rings is 1. The average molecular weight is 358 g/mol. The van der Waals surface area contributed by atoms with Crippen LogP contribution >= 0.6 is 15.9 Å². The zero-order valence-electron chi connectivity index (χ0n) is 13.4. The van der Waals surface area contributed by atoms with E-state index in [4.69, 9.17) is 0 Å². The Kier molecular flexibility index (Phi) is 9.94. The highest BCUT2D eigenvalue weighted by atomic mass is 79.9. The summed E-state index contributed by atoms with van der Waals surface area (Å²) in [5, 5.41) is 3.61. The van der Waals surface area contributed by atoms with Crippen molar-refractivity contribution < 1.29 is 4.39 Å². The van der Waals surface area contributed by atoms with Crippen LogP contribution < -0.4 is 5.32 Å². The summed E-state index contributed by atoms with van der Waals surface area (Å²) in [6, 6.07) is 5.77. The van der Waals surface area contributed by atoms with Gasteiger partial charge in [0.2, 0.25) is 0 Å². The minimum Gasteiger partial charge on any atom is -0.314 e. The van der Waals surface area contributed by atoms with Gasteiger partial charge in [0, 0.05) is 6.04 Å². The van der Waals surface area contributed by atoms with Crippen LogP contribution in [0.15, 0.2) is 22.7 Å². The van der Waals surface area contributed by atoms with Crippen molar-refractivity contribution in [3.63, 3.8) is 0 Å². The van der Waals surface area contributed by atoms with Crippen molar-refractivity contribution in [1.29, 1.82) is 0 Å². The molecule has 21 heavy (non-hydrogen) atoms. The van der Waals surface area contributed by atoms with E-state index >= 15 is 0 Å². The van der Waals surface area contributed by atoms with Crippen molar-refractivity contribution in [2.24, 2.45) is 0 Å². The number of hydrogen-bond donors (Lipinski definition) is 1. The molecule has 0 aliphatic heterocycles. The maximum absolute atomic E-state index is 13.6. The molecule has 120 valence electrons. The summed E-state index contributed by atoms with van der Waals surface area (Å²) in [5.74, 6) is -0.162. The molecule has 0 radical (unpaired) electrons. The van der Waals surface area contributed by atoms with Gasteiger partial charge in [-0.2, -0.15) is 0 Å². The fraction of sp³-hybridized carbons (Fsp3) is 0.667. The van der Waals surface area contributed by atoms with Gasteiger partial charge < -0.3 is 5.32 Å². The first-order valence-corrected chi connectivity index (χ1v) is 9.14. The van der Waals surface area contributed by atoms with Crippen molar-refractivity contribution in [2.75, 3.05) is 6.54 Å². The first kappa shape index (κ1) is 18.6. The summed E-state index contributed by atoms with van der Waals surface area (Å²) in [4.78, 5) is 0. The molecule has 3 heteroatoms. The average Bonchev–Trinajstić information content (AvgIpc) is 2.48. The Morgan fingerprint density at radius 3 is 2.57 bits per heavy atom. The first-order chi connectivity index (χ1) is 10.2. The van der Waals surface area contributed by atoms with Gasteiger partial charge in [-0.25, -0.2) is 4.39 Å². The highest BCUT2D eigenvalue weighted by Crippen LogP contribution is 2.22. The van der Waals surface area contributed by atoms with Crippen molar-refractivity contribution >= 4 is 15.9 Å². The molecule has 1 N–H and O–H groups in total. The minimum absolute atomic E-state index is 0.162. The lowest BCUT2D eigenvalue weighted by molar-refractivity contribution is 0.450. The fourth-order valence-electron chi connectivity index (χ4n) is 2.59. The number of halogens is 2. The van der Waals surface area contributed by atoms with Crippen molar-refractivity contribution in [2.45, 2.75) is 71.3 Å². The maximum Gasteiger partial charge on any atom is 0.137 e. The van der Waals surface area contributed by atoms with Crippen molar-refractivity contribution in [1.82, 2.24) is 5.32 Å². The van der Waals surface area contributed by atoms with E-state index in [9.17, 15) is 4.39 Å². The highest BCUT2D eigenvalue weighted by molar-refractivity contribution is 9.10. The SMILES string of the molecule is CCCCCCCC(Cc1cccc(F)c1Br)NCCC. The summed E-state index contributed by atoms with van der Waals surface area (Å²) >= 11 is 3.38. The Morgan fingerprint density at radius 2 is 1.86 bits per heavy atom. The Morgan fingerprint density at radius 1 is 1.10 bits per heavy atom. The molecule has 0 fully saturated rings. The first-order valence-electron chi connectivity index (χ1n) is 8.35. The molecule has 0 aliphatic rings. The lowest BCUT2D eigenvalue weighted by Crippen LogP contribution is -2.32. The third-order valence-corrected chi connectivity index (χ3v) is 4.73. The Labute approximate surface area is 137 Å². The molecule has 0 saturated carbocycles. The third kappa shape index (κ3) is 7.42. The molecule has 1 aromatic carbocycles. The third-order valence-electron chi connectivity index (χ3n) is 3.84. The predicted octanol–water partition coefficient (Wildman–Crippen LogP) is 5.86. The molecular weight excluding hydrogens is 329 g/mol. The van der Waals surface area contributed by atoms with Crippen LogP contribution in [0.3, 0.4) is 0 Å². The Bertz CT molecular complexity index is 395. The van der Waals surface area contributed by atoms with Gasteiger partial charge in [0.15, 0.2) is 0 Å². The van der Waals surface area contributed by atoms with E-state index in [0.29, 0.717) is 10.5 Å². The molecule has 0 heterocycles. The van der Waals surface area contributed by atoms with Gasteiger partial charge in [-0.05, 0) is 53.4 Å². The second-order valence-electron chi connectivity index (χ2n) is 5.77. The standard InChI is InChI=1S/C18H29BrFN/c1-3-5-6-7-8-11-16(21-13-4-2)14-15-10-9-12-17(20)18(15)19/h9-10,12,16,21H,3-8,11,13-14H2,1-2H3. The van der Waals surface area contributed by atoms with Gasteiger partial charge >= 0.3 is 0 Å². The quantitative estimate of drug-likeness (QED) is 0.489. The van der Waals surface area contributed by atoms with Crippen molar-refractivity contribution in [3.05, 3.63) is 34.1 Å². The minimum atomic E-state index is -0.162. The lowest BCUT2D eigenvalue weighted by Gasteiger charge is -2.19. The number of rotatable bonds is 11. The summed E-state index contributed by atoms with van der Waals surface area (Å²) < 4.78 is 14.2. The van der Waals surface area contributed by atoms with Gasteiger partial charge in [-0.1, -0.05) is 58.1 Å². The molecule has 0 spiro atoms. The zero-order chi connectivity index (χ0) is 15.5. The molecule has 0 aliphatic carbocycles. The summed E-state index contributed by atoms with van der Waals surface area (Å²) in [5.41, 5.74) is 1.07. The molecule has 0 saturated heterocycles. The molecular formula is C18H29BrFN. The monoisotopic (exact) mass is 357 g/mol. The maximum atomic E-state index is 13.6. The number of hydrogen-bond acceptors (Lipinski definition) is 1. The van der Waals surface area contributed by atoms with Gasteiger partial charge in [0.05, 0.1) is 4.47 Å². The topological polar surface area (TPSA) is 12.0 Å². The van der Waals surface area contributed by atoms with E-state index in [1.54, 1.807) is 6.07 Å². The fourth-order valence-corrected chi connectivity index (χ4v) is 3.02. The summed E-state index contributed by atoms with van der Waals surface area (Å²) in [6.45, 7) is 5.46. The number of nitrogens with one attached hydrogen (secondary N) is 1. The molecule has 1 unspecified atom stereocenters.